The highest BCUT2D eigenvalue weighted by atomic mass is 16.5. The third-order valence-electron chi connectivity index (χ3n) is 4.24. The van der Waals surface area contributed by atoms with Crippen LogP contribution < -0.4 is 0 Å². The highest BCUT2D eigenvalue weighted by Gasteiger charge is 2.27. The molecule has 1 N–H and O–H groups in total. The fraction of sp³-hybridized carbons (Fsp3) is 0.438. The molecule has 3 aromatic rings. The zero-order valence-electron chi connectivity index (χ0n) is 14.5. The van der Waals surface area contributed by atoms with Gasteiger partial charge in [-0.05, 0) is 18.6 Å². The molecule has 27 heavy (non-hydrogen) atoms. The molecule has 11 nitrogen and oxygen atoms in total. The van der Waals surface area contributed by atoms with Gasteiger partial charge in [0.05, 0.1) is 13.2 Å². The van der Waals surface area contributed by atoms with E-state index >= 15 is 0 Å². The first kappa shape index (κ1) is 17.2. The molecular weight excluding hydrogens is 352 g/mol. The third kappa shape index (κ3) is 4.14. The summed E-state index contributed by atoms with van der Waals surface area (Å²) in [6, 6.07) is 3.68. The highest BCUT2D eigenvalue weighted by Crippen LogP contribution is 2.19. The average molecular weight is 370 g/mol. The number of aromatic amines is 1. The van der Waals surface area contributed by atoms with Crippen LogP contribution in [0.5, 0.6) is 0 Å². The number of nitrogens with zero attached hydrogens (tertiary/aromatic N) is 7. The van der Waals surface area contributed by atoms with Gasteiger partial charge >= 0.3 is 0 Å². The van der Waals surface area contributed by atoms with Gasteiger partial charge in [0.15, 0.2) is 0 Å². The van der Waals surface area contributed by atoms with Crippen LogP contribution in [0.15, 0.2) is 29.0 Å². The summed E-state index contributed by atoms with van der Waals surface area (Å²) in [7, 11) is 0. The lowest BCUT2D eigenvalue weighted by atomic mass is 10.2. The van der Waals surface area contributed by atoms with E-state index in [0.29, 0.717) is 56.5 Å². The number of aryl methyl sites for hydroxylation is 1. The van der Waals surface area contributed by atoms with Crippen LogP contribution in [0, 0.1) is 0 Å². The summed E-state index contributed by atoms with van der Waals surface area (Å²) in [5, 5.41) is 17.7. The van der Waals surface area contributed by atoms with E-state index in [-0.39, 0.29) is 12.0 Å². The molecule has 1 unspecified atom stereocenters. The molecular formula is C16H18N8O3. The quantitative estimate of drug-likeness (QED) is 0.660. The molecule has 1 saturated heterocycles. The van der Waals surface area contributed by atoms with E-state index in [1.807, 2.05) is 12.1 Å². The maximum Gasteiger partial charge on any atom is 0.226 e. The van der Waals surface area contributed by atoms with Crippen molar-refractivity contribution >= 4 is 5.91 Å². The van der Waals surface area contributed by atoms with Gasteiger partial charge in [-0.15, -0.1) is 10.2 Å². The van der Waals surface area contributed by atoms with Crippen molar-refractivity contribution in [3.8, 4) is 11.4 Å². The van der Waals surface area contributed by atoms with Crippen LogP contribution in [-0.4, -0.2) is 66.3 Å². The molecule has 1 fully saturated rings. The number of H-pyrrole nitrogens is 1. The van der Waals surface area contributed by atoms with Crippen molar-refractivity contribution in [2.75, 3.05) is 19.7 Å². The monoisotopic (exact) mass is 370 g/mol. The predicted molar refractivity (Wildman–Crippen MR) is 89.9 cm³/mol. The van der Waals surface area contributed by atoms with Crippen molar-refractivity contribution in [3.63, 3.8) is 0 Å². The van der Waals surface area contributed by atoms with E-state index in [4.69, 9.17) is 9.26 Å². The summed E-state index contributed by atoms with van der Waals surface area (Å²) < 4.78 is 10.9. The van der Waals surface area contributed by atoms with E-state index in [2.05, 4.69) is 35.7 Å². The Morgan fingerprint density at radius 1 is 1.41 bits per heavy atom. The number of amides is 1. The van der Waals surface area contributed by atoms with Gasteiger partial charge in [-0.2, -0.15) is 10.2 Å². The molecule has 0 aromatic carbocycles. The Balaban J connectivity index is 1.27. The summed E-state index contributed by atoms with van der Waals surface area (Å²) in [5.41, 5.74) is 0.796. The van der Waals surface area contributed by atoms with Gasteiger partial charge < -0.3 is 14.2 Å². The first-order valence-corrected chi connectivity index (χ1v) is 8.65. The van der Waals surface area contributed by atoms with Gasteiger partial charge in [0.25, 0.3) is 0 Å². The van der Waals surface area contributed by atoms with Crippen LogP contribution in [0.25, 0.3) is 11.4 Å². The summed E-state index contributed by atoms with van der Waals surface area (Å²) in [6.45, 7) is 1.42. The molecule has 11 heteroatoms. The second-order valence-corrected chi connectivity index (χ2v) is 6.08. The minimum absolute atomic E-state index is 0.0544. The van der Waals surface area contributed by atoms with E-state index in [0.717, 1.165) is 5.56 Å². The lowest BCUT2D eigenvalue weighted by Crippen LogP contribution is -2.42. The summed E-state index contributed by atoms with van der Waals surface area (Å²) in [4.78, 5) is 22.6. The van der Waals surface area contributed by atoms with Gasteiger partial charge in [-0.3, -0.25) is 9.78 Å². The maximum absolute atomic E-state index is 12.5. The number of hydrogen-bond acceptors (Lipinski definition) is 9. The first-order chi connectivity index (χ1) is 13.3. The Morgan fingerprint density at radius 3 is 3.19 bits per heavy atom. The predicted octanol–water partition coefficient (Wildman–Crippen LogP) is 0.567. The number of nitrogens with one attached hydrogen (secondary N) is 1. The number of hydrogen-bond donors (Lipinski definition) is 1. The second kappa shape index (κ2) is 7.99. The van der Waals surface area contributed by atoms with Crippen LogP contribution in [0.2, 0.25) is 0 Å². The number of carbonyl (C=O) groups excluding carboxylic acids is 1. The maximum atomic E-state index is 12.5. The topological polar surface area (TPSA) is 136 Å². The van der Waals surface area contributed by atoms with Crippen molar-refractivity contribution in [2.45, 2.75) is 25.4 Å². The fourth-order valence-electron chi connectivity index (χ4n) is 2.86. The van der Waals surface area contributed by atoms with Crippen LogP contribution in [0.4, 0.5) is 0 Å². The van der Waals surface area contributed by atoms with Crippen LogP contribution in [0.1, 0.15) is 30.7 Å². The van der Waals surface area contributed by atoms with E-state index < -0.39 is 0 Å². The van der Waals surface area contributed by atoms with Gasteiger partial charge in [0.1, 0.15) is 6.10 Å². The summed E-state index contributed by atoms with van der Waals surface area (Å²) >= 11 is 0. The molecule has 1 atom stereocenters. The third-order valence-corrected chi connectivity index (χ3v) is 4.24. The molecule has 3 aromatic heterocycles. The Labute approximate surface area is 154 Å². The lowest BCUT2D eigenvalue weighted by Gasteiger charge is -2.31. The largest absolute Gasteiger partial charge is 0.366 e. The normalized spacial score (nSPS) is 17.2. The molecule has 4 heterocycles. The van der Waals surface area contributed by atoms with Crippen molar-refractivity contribution in [1.82, 2.24) is 40.6 Å². The average Bonchev–Trinajstić information content (AvgIpc) is 3.41. The second-order valence-electron chi connectivity index (χ2n) is 6.08. The molecule has 0 aliphatic carbocycles. The van der Waals surface area contributed by atoms with Crippen LogP contribution in [-0.2, 0) is 16.0 Å². The van der Waals surface area contributed by atoms with Crippen LogP contribution >= 0.6 is 0 Å². The van der Waals surface area contributed by atoms with Crippen molar-refractivity contribution in [1.29, 1.82) is 0 Å². The van der Waals surface area contributed by atoms with Gasteiger partial charge in [0.2, 0.25) is 23.4 Å². The van der Waals surface area contributed by atoms with E-state index in [1.165, 1.54) is 0 Å². The molecule has 1 aliphatic heterocycles. The molecule has 0 radical (unpaired) electrons. The number of tetrazole rings is 1. The molecule has 4 rings (SSSR count). The van der Waals surface area contributed by atoms with Gasteiger partial charge in [-0.1, -0.05) is 10.4 Å². The Morgan fingerprint density at radius 2 is 2.37 bits per heavy atom. The fourth-order valence-corrected chi connectivity index (χ4v) is 2.86. The smallest absolute Gasteiger partial charge is 0.226 e. The molecule has 140 valence electrons. The minimum Gasteiger partial charge on any atom is -0.366 e. The molecule has 0 bridgehead atoms. The zero-order chi connectivity index (χ0) is 18.5. The highest BCUT2D eigenvalue weighted by molar-refractivity contribution is 5.76. The number of morpholine rings is 1. The number of pyridine rings is 1. The van der Waals surface area contributed by atoms with E-state index in [9.17, 15) is 4.79 Å². The van der Waals surface area contributed by atoms with Gasteiger partial charge in [-0.25, -0.2) is 0 Å². The Hall–Kier alpha value is -3.21. The van der Waals surface area contributed by atoms with E-state index in [1.54, 1.807) is 17.3 Å². The Bertz CT molecular complexity index is 867. The molecule has 1 aliphatic rings. The summed E-state index contributed by atoms with van der Waals surface area (Å²) in [5.74, 6) is 1.52. The molecule has 0 spiro atoms. The summed E-state index contributed by atoms with van der Waals surface area (Å²) in [6.07, 6.45) is 4.57. The number of ether oxygens (including phenoxy) is 1. The van der Waals surface area contributed by atoms with Gasteiger partial charge in [0, 0.05) is 37.3 Å². The Kier molecular flexibility index (Phi) is 5.10. The zero-order valence-corrected chi connectivity index (χ0v) is 14.5. The number of rotatable bonds is 6. The molecule has 0 saturated carbocycles. The molecule has 1 amide bonds. The number of carbonyl (C=O) groups is 1. The van der Waals surface area contributed by atoms with Crippen LogP contribution in [0.3, 0.4) is 0 Å². The van der Waals surface area contributed by atoms with Crippen molar-refractivity contribution in [3.05, 3.63) is 36.2 Å². The van der Waals surface area contributed by atoms with Crippen molar-refractivity contribution in [2.24, 2.45) is 0 Å². The SMILES string of the molecule is O=C(CCCc1nc(-c2cccnc2)no1)N1CCOC(c2nn[nH]n2)C1. The standard InChI is InChI=1S/C16H18N8O3/c25-14(24-7-8-26-12(10-24)16-19-22-23-20-16)5-1-4-13-18-15(21-27-13)11-3-2-6-17-9-11/h2-3,6,9,12H,1,4-5,7-8,10H2,(H,19,20,22,23). The number of aromatic nitrogens is 7. The first-order valence-electron chi connectivity index (χ1n) is 8.65. The lowest BCUT2D eigenvalue weighted by molar-refractivity contribution is -0.139. The minimum atomic E-state index is -0.348. The van der Waals surface area contributed by atoms with Crippen molar-refractivity contribution < 1.29 is 14.1 Å².